The van der Waals surface area contributed by atoms with Gasteiger partial charge in [0.2, 0.25) is 5.88 Å². The Morgan fingerprint density at radius 3 is 2.85 bits per heavy atom. The number of rotatable bonds is 8. The minimum Gasteiger partial charge on any atom is -0.476 e. The minimum atomic E-state index is -0.175. The first-order chi connectivity index (χ1) is 9.56. The third-order valence-corrected chi connectivity index (χ3v) is 3.92. The average molecular weight is 279 g/mol. The number of aliphatic hydroxyl groups excluding tert-OH is 1. The summed E-state index contributed by atoms with van der Waals surface area (Å²) in [7, 11) is 0. The lowest BCUT2D eigenvalue weighted by Crippen LogP contribution is -2.35. The molecule has 5 heteroatoms. The molecule has 1 aliphatic rings. The van der Waals surface area contributed by atoms with E-state index in [2.05, 4.69) is 24.1 Å². The van der Waals surface area contributed by atoms with Crippen LogP contribution in [0.3, 0.4) is 0 Å². The Morgan fingerprint density at radius 1 is 1.50 bits per heavy atom. The number of nitrogens with one attached hydrogen (secondary N) is 1. The molecule has 1 atom stereocenters. The zero-order chi connectivity index (χ0) is 14.6. The molecule has 1 saturated carbocycles. The highest BCUT2D eigenvalue weighted by Gasteiger charge is 2.24. The van der Waals surface area contributed by atoms with Gasteiger partial charge in [0, 0.05) is 12.1 Å². The maximum absolute atomic E-state index is 9.16. The summed E-state index contributed by atoms with van der Waals surface area (Å²) >= 11 is 0. The summed E-state index contributed by atoms with van der Waals surface area (Å²) in [6.07, 6.45) is 4.05. The molecule has 4 N–H and O–H groups in total. The third-order valence-electron chi connectivity index (χ3n) is 3.92. The lowest BCUT2D eigenvalue weighted by molar-refractivity contribution is 0.251. The number of pyridine rings is 1. The summed E-state index contributed by atoms with van der Waals surface area (Å²) in [6.45, 7) is 5.01. The van der Waals surface area contributed by atoms with E-state index in [0.717, 1.165) is 12.2 Å². The van der Waals surface area contributed by atoms with E-state index in [1.54, 1.807) is 0 Å². The van der Waals surface area contributed by atoms with Crippen molar-refractivity contribution in [2.24, 2.45) is 5.92 Å². The van der Waals surface area contributed by atoms with Gasteiger partial charge in [-0.15, -0.1) is 0 Å². The molecular weight excluding hydrogens is 254 g/mol. The van der Waals surface area contributed by atoms with Crippen molar-refractivity contribution in [2.45, 2.75) is 45.1 Å². The molecule has 0 spiro atoms. The van der Waals surface area contributed by atoms with Crippen LogP contribution in [-0.2, 0) is 0 Å². The summed E-state index contributed by atoms with van der Waals surface area (Å²) in [5.74, 6) is 1.91. The zero-order valence-corrected chi connectivity index (χ0v) is 12.4. The normalized spacial score (nSPS) is 17.6. The second-order valence-electron chi connectivity index (χ2n) is 5.86. The van der Waals surface area contributed by atoms with E-state index < -0.39 is 0 Å². The smallest absolute Gasteiger partial charge is 0.239 e. The number of aliphatic hydroxyl groups is 1. The molecule has 0 radical (unpaired) electrons. The predicted octanol–water partition coefficient (Wildman–Crippen LogP) is 2.42. The fourth-order valence-corrected chi connectivity index (χ4v) is 2.00. The van der Waals surface area contributed by atoms with Crippen LogP contribution in [-0.4, -0.2) is 28.8 Å². The SMILES string of the molecule is CCC(C)(CCO)Nc1ccc(N)c(OCC2CC2)n1. The number of aromatic nitrogens is 1. The molecule has 5 nitrogen and oxygen atoms in total. The molecule has 1 heterocycles. The van der Waals surface area contributed by atoms with Gasteiger partial charge >= 0.3 is 0 Å². The summed E-state index contributed by atoms with van der Waals surface area (Å²) in [5, 5.41) is 12.5. The molecule has 1 fully saturated rings. The number of hydrogen-bond donors (Lipinski definition) is 3. The highest BCUT2D eigenvalue weighted by atomic mass is 16.5. The molecule has 20 heavy (non-hydrogen) atoms. The molecule has 1 aromatic heterocycles. The molecule has 0 bridgehead atoms. The molecular formula is C15H25N3O2. The molecule has 112 valence electrons. The fraction of sp³-hybridized carbons (Fsp3) is 0.667. The van der Waals surface area contributed by atoms with Crippen molar-refractivity contribution >= 4 is 11.5 Å². The summed E-state index contributed by atoms with van der Waals surface area (Å²) in [5.41, 5.74) is 6.29. The van der Waals surface area contributed by atoms with E-state index in [4.69, 9.17) is 15.6 Å². The molecule has 0 amide bonds. The van der Waals surface area contributed by atoms with E-state index in [1.807, 2.05) is 12.1 Å². The van der Waals surface area contributed by atoms with Gasteiger partial charge in [0.15, 0.2) is 0 Å². The Labute approximate surface area is 120 Å². The van der Waals surface area contributed by atoms with E-state index >= 15 is 0 Å². The van der Waals surface area contributed by atoms with Gasteiger partial charge in [-0.2, -0.15) is 4.98 Å². The van der Waals surface area contributed by atoms with E-state index in [0.29, 0.717) is 30.5 Å². The first-order valence-corrected chi connectivity index (χ1v) is 7.34. The van der Waals surface area contributed by atoms with Crippen LogP contribution in [0.4, 0.5) is 11.5 Å². The topological polar surface area (TPSA) is 80.4 Å². The molecule has 1 aliphatic carbocycles. The van der Waals surface area contributed by atoms with Crippen LogP contribution in [0.1, 0.15) is 39.5 Å². The first-order valence-electron chi connectivity index (χ1n) is 7.34. The van der Waals surface area contributed by atoms with Crippen molar-refractivity contribution in [1.29, 1.82) is 0 Å². The van der Waals surface area contributed by atoms with Gasteiger partial charge in [-0.1, -0.05) is 6.92 Å². The average Bonchev–Trinajstić information content (AvgIpc) is 3.24. The fourth-order valence-electron chi connectivity index (χ4n) is 2.00. The minimum absolute atomic E-state index is 0.150. The molecule has 2 rings (SSSR count). The van der Waals surface area contributed by atoms with Crippen LogP contribution >= 0.6 is 0 Å². The highest BCUT2D eigenvalue weighted by Crippen LogP contribution is 2.31. The summed E-state index contributed by atoms with van der Waals surface area (Å²) < 4.78 is 5.68. The molecule has 0 aliphatic heterocycles. The van der Waals surface area contributed by atoms with Crippen LogP contribution in [0, 0.1) is 5.92 Å². The Kier molecular flexibility index (Phi) is 4.70. The van der Waals surface area contributed by atoms with Gasteiger partial charge in [0.25, 0.3) is 0 Å². The Morgan fingerprint density at radius 2 is 2.25 bits per heavy atom. The summed E-state index contributed by atoms with van der Waals surface area (Å²) in [6, 6.07) is 3.66. The molecule has 0 aromatic carbocycles. The Bertz CT molecular complexity index is 449. The molecule has 0 saturated heterocycles. The Balaban J connectivity index is 2.04. The maximum atomic E-state index is 9.16. The van der Waals surface area contributed by atoms with Crippen LogP contribution in [0.15, 0.2) is 12.1 Å². The lowest BCUT2D eigenvalue weighted by atomic mass is 9.95. The van der Waals surface area contributed by atoms with Gasteiger partial charge in [-0.05, 0) is 50.7 Å². The van der Waals surface area contributed by atoms with Gasteiger partial charge in [-0.25, -0.2) is 0 Å². The number of nitrogen functional groups attached to an aromatic ring is 1. The second-order valence-corrected chi connectivity index (χ2v) is 5.86. The quantitative estimate of drug-likeness (QED) is 0.681. The van der Waals surface area contributed by atoms with Crippen molar-refractivity contribution in [2.75, 3.05) is 24.3 Å². The predicted molar refractivity (Wildman–Crippen MR) is 80.9 cm³/mol. The van der Waals surface area contributed by atoms with Crippen LogP contribution < -0.4 is 15.8 Å². The highest BCUT2D eigenvalue weighted by molar-refractivity contribution is 5.54. The maximum Gasteiger partial charge on any atom is 0.239 e. The van der Waals surface area contributed by atoms with Crippen molar-refractivity contribution in [1.82, 2.24) is 4.98 Å². The third kappa shape index (κ3) is 4.00. The van der Waals surface area contributed by atoms with Gasteiger partial charge in [-0.3, -0.25) is 0 Å². The van der Waals surface area contributed by atoms with Gasteiger partial charge in [0.05, 0.1) is 12.3 Å². The van der Waals surface area contributed by atoms with Crippen LogP contribution in [0.2, 0.25) is 0 Å². The van der Waals surface area contributed by atoms with Crippen LogP contribution in [0.25, 0.3) is 0 Å². The van der Waals surface area contributed by atoms with Crippen molar-refractivity contribution in [3.63, 3.8) is 0 Å². The first kappa shape index (κ1) is 14.9. The van der Waals surface area contributed by atoms with Crippen molar-refractivity contribution in [3.05, 3.63) is 12.1 Å². The largest absolute Gasteiger partial charge is 0.476 e. The van der Waals surface area contributed by atoms with Gasteiger partial charge < -0.3 is 20.9 Å². The number of hydrogen-bond acceptors (Lipinski definition) is 5. The molecule has 1 unspecified atom stereocenters. The van der Waals surface area contributed by atoms with E-state index in [9.17, 15) is 0 Å². The number of nitrogens with zero attached hydrogens (tertiary/aromatic N) is 1. The Hall–Kier alpha value is -1.49. The van der Waals surface area contributed by atoms with E-state index in [1.165, 1.54) is 12.8 Å². The standard InChI is InChI=1S/C15H25N3O2/c1-3-15(2,8-9-19)18-13-7-6-12(16)14(17-13)20-10-11-4-5-11/h6-7,11,19H,3-5,8-10,16H2,1-2H3,(H,17,18). The van der Waals surface area contributed by atoms with Crippen molar-refractivity contribution < 1.29 is 9.84 Å². The zero-order valence-electron chi connectivity index (χ0n) is 12.4. The van der Waals surface area contributed by atoms with E-state index in [-0.39, 0.29) is 12.1 Å². The van der Waals surface area contributed by atoms with Gasteiger partial charge in [0.1, 0.15) is 5.82 Å². The summed E-state index contributed by atoms with van der Waals surface area (Å²) in [4.78, 5) is 4.45. The number of ether oxygens (including phenoxy) is 1. The monoisotopic (exact) mass is 279 g/mol. The van der Waals surface area contributed by atoms with Crippen LogP contribution in [0.5, 0.6) is 5.88 Å². The number of nitrogens with two attached hydrogens (primary N) is 1. The second kappa shape index (κ2) is 6.31. The lowest BCUT2D eigenvalue weighted by Gasteiger charge is -2.29. The molecule has 1 aromatic rings. The van der Waals surface area contributed by atoms with Crippen molar-refractivity contribution in [3.8, 4) is 5.88 Å². The number of anilines is 2.